The lowest BCUT2D eigenvalue weighted by Gasteiger charge is -2.48. The summed E-state index contributed by atoms with van der Waals surface area (Å²) < 4.78 is 17.6. The van der Waals surface area contributed by atoms with Crippen molar-refractivity contribution >= 4 is 55.3 Å². The number of β-lactam (4-membered cyclic amide) rings is 1. The number of likely N-dealkylation sites (tertiary alicyclic amines) is 1. The van der Waals surface area contributed by atoms with Crippen molar-refractivity contribution < 1.29 is 42.9 Å². The summed E-state index contributed by atoms with van der Waals surface area (Å²) in [6.45, 7) is 9.67. The van der Waals surface area contributed by atoms with Crippen LogP contribution in [-0.4, -0.2) is 101 Å². The fourth-order valence-electron chi connectivity index (χ4n) is 6.96. The molecule has 2 fully saturated rings. The molecule has 0 aliphatic carbocycles. The van der Waals surface area contributed by atoms with Crippen LogP contribution in [0.5, 0.6) is 0 Å². The van der Waals surface area contributed by atoms with E-state index in [-0.39, 0.29) is 72.3 Å². The number of amides is 3. The average molecular weight is 770 g/mol. The minimum atomic E-state index is -2.03. The molecular weight excluding hydrogens is 727 g/mol. The molecule has 0 saturated carbocycles. The summed E-state index contributed by atoms with van der Waals surface area (Å²) in [7, 11) is 1.15. The van der Waals surface area contributed by atoms with Gasteiger partial charge < -0.3 is 23.7 Å². The molecule has 3 aliphatic heterocycles. The van der Waals surface area contributed by atoms with Crippen LogP contribution in [0.2, 0.25) is 19.6 Å². The van der Waals surface area contributed by atoms with E-state index in [1.165, 1.54) is 75.0 Å². The highest BCUT2D eigenvalue weighted by Gasteiger charge is 2.61. The maximum atomic E-state index is 13.9. The molecular formula is C35H43N5O11SSi. The van der Waals surface area contributed by atoms with E-state index in [2.05, 4.69) is 0 Å². The summed E-state index contributed by atoms with van der Waals surface area (Å²) >= 11 is 1.33. The minimum Gasteiger partial charge on any atom is -0.456 e. The number of likely N-dealkylation sites (N-methyl/N-ethyl adjacent to an activating group) is 1. The molecule has 3 aliphatic rings. The number of benzene rings is 2. The Morgan fingerprint density at radius 3 is 1.96 bits per heavy atom. The second kappa shape index (κ2) is 15.7. The topological polar surface area (TPSA) is 192 Å². The largest absolute Gasteiger partial charge is 0.456 e. The van der Waals surface area contributed by atoms with Crippen molar-refractivity contribution in [3.05, 3.63) is 90.5 Å². The Kier molecular flexibility index (Phi) is 11.6. The van der Waals surface area contributed by atoms with Gasteiger partial charge in [-0.2, -0.15) is 0 Å². The number of nitro groups is 2. The molecule has 3 amide bonds. The van der Waals surface area contributed by atoms with E-state index in [0.29, 0.717) is 16.0 Å². The molecule has 0 aromatic heterocycles. The first-order valence-electron chi connectivity index (χ1n) is 17.1. The fourth-order valence-corrected chi connectivity index (χ4v) is 9.74. The highest BCUT2D eigenvalue weighted by molar-refractivity contribution is 8.03. The number of hydrogen-bond donors (Lipinski definition) is 0. The standard InChI is InChI=1S/C35H43N5O11SSi/c1-20-29-28(21(2)51-53(5,6)7)33(42)38(29)30(34(43)49-18-22-8-12-24(13-9-22)39(45)46)31(20)52-26-16-27(32(41)36(3)4)37(17-26)35(44)50-19-23-10-14-25(15-11-23)40(47)48/h8-15,20-21,26-29H,16-19H2,1-7H3/t20-,21-,26+,27+,28-,29-/m1/s1. The predicted molar refractivity (Wildman–Crippen MR) is 196 cm³/mol. The lowest BCUT2D eigenvalue weighted by atomic mass is 9.79. The summed E-state index contributed by atoms with van der Waals surface area (Å²) in [5.74, 6) is -2.10. The van der Waals surface area contributed by atoms with Crippen LogP contribution in [0, 0.1) is 32.1 Å². The smallest absolute Gasteiger partial charge is 0.410 e. The van der Waals surface area contributed by atoms with Crippen molar-refractivity contribution in [3.8, 4) is 0 Å². The van der Waals surface area contributed by atoms with Gasteiger partial charge in [0, 0.05) is 61.0 Å². The van der Waals surface area contributed by atoms with E-state index in [0.717, 1.165) is 0 Å². The summed E-state index contributed by atoms with van der Waals surface area (Å²) in [5, 5.41) is 21.7. The molecule has 18 heteroatoms. The quantitative estimate of drug-likeness (QED) is 0.0865. The Morgan fingerprint density at radius 2 is 1.47 bits per heavy atom. The number of non-ortho nitro benzene ring substituents is 2. The SMILES string of the molecule is C[C@@H](O[Si](C)(C)C)[C@H]1C(=O)N2C(C(=O)OCc3ccc([N+](=O)[O-])cc3)=C(S[C@H]3C[C@@H](C(=O)N(C)C)N(C(=O)OCc4ccc([N+](=O)[O-])cc4)C3)[C@H](C)[C@H]12. The normalized spacial score (nSPS) is 22.9. The Hall–Kier alpha value is -4.81. The second-order valence-electron chi connectivity index (χ2n) is 14.5. The monoisotopic (exact) mass is 769 g/mol. The Bertz CT molecular complexity index is 1820. The molecule has 2 saturated heterocycles. The number of rotatable bonds is 13. The van der Waals surface area contributed by atoms with Crippen molar-refractivity contribution in [1.29, 1.82) is 0 Å². The molecule has 0 bridgehead atoms. The third-order valence-electron chi connectivity index (χ3n) is 9.37. The first-order chi connectivity index (χ1) is 24.9. The maximum absolute atomic E-state index is 13.9. The van der Waals surface area contributed by atoms with Crippen LogP contribution in [0.4, 0.5) is 16.2 Å². The van der Waals surface area contributed by atoms with Crippen molar-refractivity contribution in [2.45, 2.75) is 76.6 Å². The van der Waals surface area contributed by atoms with E-state index >= 15 is 0 Å². The van der Waals surface area contributed by atoms with Crippen LogP contribution in [-0.2, 0) is 41.5 Å². The first kappa shape index (κ1) is 39.4. The van der Waals surface area contributed by atoms with Gasteiger partial charge in [0.15, 0.2) is 8.32 Å². The molecule has 0 radical (unpaired) electrons. The number of hydrogen-bond acceptors (Lipinski definition) is 12. The van der Waals surface area contributed by atoms with Crippen LogP contribution in [0.25, 0.3) is 0 Å². The predicted octanol–water partition coefficient (Wildman–Crippen LogP) is 5.08. The van der Waals surface area contributed by atoms with Gasteiger partial charge in [-0.1, -0.05) is 6.92 Å². The highest BCUT2D eigenvalue weighted by Crippen LogP contribution is 2.53. The van der Waals surface area contributed by atoms with Gasteiger partial charge >= 0.3 is 12.1 Å². The molecule has 5 rings (SSSR count). The van der Waals surface area contributed by atoms with Crippen LogP contribution in [0.3, 0.4) is 0 Å². The zero-order chi connectivity index (χ0) is 38.9. The Morgan fingerprint density at radius 1 is 0.943 bits per heavy atom. The molecule has 6 atom stereocenters. The number of nitro benzene ring substituents is 2. The molecule has 16 nitrogen and oxygen atoms in total. The molecule has 3 heterocycles. The molecule has 284 valence electrons. The van der Waals surface area contributed by atoms with Gasteiger partial charge in [-0.05, 0) is 68.4 Å². The first-order valence-corrected chi connectivity index (χ1v) is 21.4. The number of carbonyl (C=O) groups is 4. The molecule has 2 aromatic rings. The van der Waals surface area contributed by atoms with Gasteiger partial charge in [-0.3, -0.25) is 34.7 Å². The van der Waals surface area contributed by atoms with Crippen molar-refractivity contribution in [2.75, 3.05) is 20.6 Å². The van der Waals surface area contributed by atoms with E-state index in [1.54, 1.807) is 14.1 Å². The molecule has 0 spiro atoms. The maximum Gasteiger partial charge on any atom is 0.410 e. The number of esters is 1. The number of fused-ring (bicyclic) bond motifs is 1. The summed E-state index contributed by atoms with van der Waals surface area (Å²) in [4.78, 5) is 80.3. The van der Waals surface area contributed by atoms with Crippen LogP contribution in [0.1, 0.15) is 31.4 Å². The van der Waals surface area contributed by atoms with E-state index in [4.69, 9.17) is 13.9 Å². The van der Waals surface area contributed by atoms with Gasteiger partial charge in [0.2, 0.25) is 11.8 Å². The summed E-state index contributed by atoms with van der Waals surface area (Å²) in [6, 6.07) is 9.97. The molecule has 0 N–H and O–H groups in total. The zero-order valence-corrected chi connectivity index (χ0v) is 32.4. The number of carbonyl (C=O) groups excluding carboxylic acids is 4. The lowest BCUT2D eigenvalue weighted by Crippen LogP contribution is -2.64. The van der Waals surface area contributed by atoms with Gasteiger partial charge in [-0.25, -0.2) is 9.59 Å². The van der Waals surface area contributed by atoms with Crippen molar-refractivity contribution in [2.24, 2.45) is 11.8 Å². The third kappa shape index (κ3) is 8.54. The van der Waals surface area contributed by atoms with Crippen LogP contribution in [0.15, 0.2) is 59.1 Å². The Labute approximate surface area is 311 Å². The van der Waals surface area contributed by atoms with Crippen LogP contribution < -0.4 is 0 Å². The lowest BCUT2D eigenvalue weighted by molar-refractivity contribution is -0.385. The molecule has 2 aromatic carbocycles. The van der Waals surface area contributed by atoms with E-state index < -0.39 is 48.3 Å². The van der Waals surface area contributed by atoms with Crippen molar-refractivity contribution in [3.63, 3.8) is 0 Å². The highest BCUT2D eigenvalue weighted by atomic mass is 32.2. The van der Waals surface area contributed by atoms with Gasteiger partial charge in [0.05, 0.1) is 27.9 Å². The van der Waals surface area contributed by atoms with Gasteiger partial charge in [0.25, 0.3) is 11.4 Å². The minimum absolute atomic E-state index is 0.100. The summed E-state index contributed by atoms with van der Waals surface area (Å²) in [6.07, 6.45) is -0.888. The van der Waals surface area contributed by atoms with E-state index in [9.17, 15) is 39.4 Å². The van der Waals surface area contributed by atoms with Gasteiger partial charge in [0.1, 0.15) is 25.0 Å². The molecule has 53 heavy (non-hydrogen) atoms. The average Bonchev–Trinajstić information content (AvgIpc) is 3.62. The summed E-state index contributed by atoms with van der Waals surface area (Å²) in [5.41, 5.74) is 0.952. The van der Waals surface area contributed by atoms with Crippen molar-refractivity contribution in [1.82, 2.24) is 14.7 Å². The van der Waals surface area contributed by atoms with E-state index in [1.807, 2.05) is 33.5 Å². The van der Waals surface area contributed by atoms with Gasteiger partial charge in [-0.15, -0.1) is 11.8 Å². The zero-order valence-electron chi connectivity index (χ0n) is 30.5. The fraction of sp³-hybridized carbons (Fsp3) is 0.486. The van der Waals surface area contributed by atoms with Crippen LogP contribution >= 0.6 is 11.8 Å². The second-order valence-corrected chi connectivity index (χ2v) is 20.3. The molecule has 0 unspecified atom stereocenters. The third-order valence-corrected chi connectivity index (χ3v) is 11.9. The Balaban J connectivity index is 1.38. The number of thioether (sulfide) groups is 1. The number of nitrogens with zero attached hydrogens (tertiary/aromatic N) is 5. The number of ether oxygens (including phenoxy) is 2.